The molecule has 0 saturated carbocycles. The molecule has 3 amide bonds. The summed E-state index contributed by atoms with van der Waals surface area (Å²) in [5.41, 5.74) is 1.57. The van der Waals surface area contributed by atoms with Gasteiger partial charge < -0.3 is 26.0 Å². The first-order valence-electron chi connectivity index (χ1n) is 14.7. The molecule has 0 aliphatic carbocycles. The van der Waals surface area contributed by atoms with Gasteiger partial charge in [0, 0.05) is 43.4 Å². The van der Waals surface area contributed by atoms with Gasteiger partial charge in [0.2, 0.25) is 5.91 Å². The summed E-state index contributed by atoms with van der Waals surface area (Å²) in [6.07, 6.45) is 0.320. The van der Waals surface area contributed by atoms with Crippen molar-refractivity contribution in [1.29, 1.82) is 0 Å². The molecule has 0 saturated heterocycles. The number of carbonyl (C=O) groups is 3. The number of rotatable bonds is 16. The van der Waals surface area contributed by atoms with Crippen molar-refractivity contribution in [2.75, 3.05) is 26.2 Å². The number of aliphatic hydroxyl groups is 1. The van der Waals surface area contributed by atoms with Crippen LogP contribution in [0.2, 0.25) is 0 Å². The number of nitrogens with zero attached hydrogens (tertiary/aromatic N) is 1. The van der Waals surface area contributed by atoms with Crippen LogP contribution in [0.5, 0.6) is 0 Å². The topological polar surface area (TPSA) is 111 Å². The first kappa shape index (κ1) is 34.8. The van der Waals surface area contributed by atoms with Crippen LogP contribution in [-0.2, 0) is 11.2 Å². The van der Waals surface area contributed by atoms with Crippen LogP contribution in [0, 0.1) is 24.5 Å². The Kier molecular flexibility index (Phi) is 14.0. The Labute approximate surface area is 248 Å². The van der Waals surface area contributed by atoms with Gasteiger partial charge in [-0.3, -0.25) is 14.4 Å². The highest BCUT2D eigenvalue weighted by Crippen LogP contribution is 2.16. The third-order valence-electron chi connectivity index (χ3n) is 6.73. The second-order valence-corrected chi connectivity index (χ2v) is 11.3. The largest absolute Gasteiger partial charge is 0.390 e. The molecule has 2 aromatic carbocycles. The van der Waals surface area contributed by atoms with E-state index in [1.807, 2.05) is 27.7 Å². The molecule has 3 atom stereocenters. The SMILES string of the molecule is CCCN(CCC)C(=O)c1cc(C)cc(C(=O)N[C@@H](Cc2cc(F)cc(F)c2)[C@H](O)CN[C@@H](C)C(=O)NCC(C)C)c1. The molecule has 8 nitrogen and oxygen atoms in total. The first-order valence-corrected chi connectivity index (χ1v) is 14.7. The lowest BCUT2D eigenvalue weighted by atomic mass is 9.99. The van der Waals surface area contributed by atoms with Crippen molar-refractivity contribution in [3.8, 4) is 0 Å². The minimum atomic E-state index is -1.21. The fourth-order valence-electron chi connectivity index (χ4n) is 4.58. The van der Waals surface area contributed by atoms with Crippen molar-refractivity contribution < 1.29 is 28.3 Å². The summed E-state index contributed by atoms with van der Waals surface area (Å²) in [4.78, 5) is 40.8. The number of nitrogens with one attached hydrogen (secondary N) is 3. The molecule has 0 aliphatic heterocycles. The molecule has 0 aliphatic rings. The zero-order valence-corrected chi connectivity index (χ0v) is 25.6. The van der Waals surface area contributed by atoms with Crippen molar-refractivity contribution in [2.24, 2.45) is 5.92 Å². The van der Waals surface area contributed by atoms with Crippen LogP contribution < -0.4 is 16.0 Å². The van der Waals surface area contributed by atoms with Crippen LogP contribution in [0.4, 0.5) is 8.78 Å². The minimum Gasteiger partial charge on any atom is -0.390 e. The van der Waals surface area contributed by atoms with E-state index in [1.54, 1.807) is 30.9 Å². The minimum absolute atomic E-state index is 0.0699. The second-order valence-electron chi connectivity index (χ2n) is 11.3. The first-order chi connectivity index (χ1) is 19.8. The van der Waals surface area contributed by atoms with Gasteiger partial charge in [0.25, 0.3) is 11.8 Å². The van der Waals surface area contributed by atoms with E-state index in [9.17, 15) is 28.3 Å². The highest BCUT2D eigenvalue weighted by molar-refractivity contribution is 6.00. The molecule has 10 heteroatoms. The maximum absolute atomic E-state index is 13.9. The Bertz CT molecular complexity index is 1180. The second kappa shape index (κ2) is 16.9. The summed E-state index contributed by atoms with van der Waals surface area (Å²) >= 11 is 0. The van der Waals surface area contributed by atoms with Crippen LogP contribution >= 0.6 is 0 Å². The molecule has 2 rings (SSSR count). The third kappa shape index (κ3) is 11.1. The van der Waals surface area contributed by atoms with Gasteiger partial charge in [0.15, 0.2) is 0 Å². The molecule has 2 aromatic rings. The maximum Gasteiger partial charge on any atom is 0.253 e. The van der Waals surface area contributed by atoms with E-state index in [0.717, 1.165) is 31.0 Å². The van der Waals surface area contributed by atoms with Crippen LogP contribution in [0.25, 0.3) is 0 Å². The lowest BCUT2D eigenvalue weighted by Gasteiger charge is -2.26. The number of benzene rings is 2. The van der Waals surface area contributed by atoms with E-state index in [2.05, 4.69) is 16.0 Å². The van der Waals surface area contributed by atoms with Crippen molar-refractivity contribution in [2.45, 2.75) is 79.0 Å². The predicted octanol–water partition coefficient (Wildman–Crippen LogP) is 3.99. The molecule has 4 N–H and O–H groups in total. The Morgan fingerprint density at radius 3 is 2.05 bits per heavy atom. The number of hydrogen-bond acceptors (Lipinski definition) is 5. The quantitative estimate of drug-likeness (QED) is 0.237. The smallest absolute Gasteiger partial charge is 0.253 e. The Balaban J connectivity index is 2.27. The van der Waals surface area contributed by atoms with Crippen molar-refractivity contribution in [1.82, 2.24) is 20.9 Å². The van der Waals surface area contributed by atoms with Gasteiger partial charge in [-0.25, -0.2) is 8.78 Å². The van der Waals surface area contributed by atoms with Crippen LogP contribution in [0.3, 0.4) is 0 Å². The molecule has 0 spiro atoms. The number of hydrogen-bond donors (Lipinski definition) is 4. The van der Waals surface area contributed by atoms with E-state index >= 15 is 0 Å². The number of aliphatic hydroxyl groups excluding tert-OH is 1. The Morgan fingerprint density at radius 2 is 1.48 bits per heavy atom. The third-order valence-corrected chi connectivity index (χ3v) is 6.73. The lowest BCUT2D eigenvalue weighted by Crippen LogP contribution is -2.52. The molecule has 42 heavy (non-hydrogen) atoms. The van der Waals surface area contributed by atoms with Gasteiger partial charge in [-0.1, -0.05) is 27.7 Å². The van der Waals surface area contributed by atoms with E-state index in [4.69, 9.17) is 0 Å². The average molecular weight is 589 g/mol. The maximum atomic E-state index is 13.9. The summed E-state index contributed by atoms with van der Waals surface area (Å²) in [6, 6.07) is 6.34. The standard InChI is InChI=1S/C32H46F2N4O4/c1-7-9-38(10-8-2)32(42)25-12-21(5)11-24(16-25)31(41)37-28(15-23-13-26(33)17-27(34)14-23)29(39)19-35-22(6)30(40)36-18-20(3)4/h11-14,16-17,20,22,28-29,35,39H,7-10,15,18-19H2,1-6H3,(H,36,40)(H,37,41)/t22-,28-,29+/m0/s1. The van der Waals surface area contributed by atoms with E-state index in [1.165, 1.54) is 6.07 Å². The van der Waals surface area contributed by atoms with Gasteiger partial charge in [0.05, 0.1) is 18.2 Å². The number of halogens is 2. The molecule has 0 bridgehead atoms. The number of carbonyl (C=O) groups excluding carboxylic acids is 3. The number of amides is 3. The summed E-state index contributed by atoms with van der Waals surface area (Å²) in [5, 5.41) is 19.7. The van der Waals surface area contributed by atoms with E-state index in [0.29, 0.717) is 30.8 Å². The summed E-state index contributed by atoms with van der Waals surface area (Å²) < 4.78 is 27.9. The monoisotopic (exact) mass is 588 g/mol. The molecular weight excluding hydrogens is 542 g/mol. The van der Waals surface area contributed by atoms with Crippen molar-refractivity contribution in [3.63, 3.8) is 0 Å². The average Bonchev–Trinajstić information content (AvgIpc) is 2.92. The van der Waals surface area contributed by atoms with Crippen LogP contribution in [0.15, 0.2) is 36.4 Å². The molecule has 0 unspecified atom stereocenters. The number of aryl methyl sites for hydroxylation is 1. The van der Waals surface area contributed by atoms with Gasteiger partial charge in [-0.15, -0.1) is 0 Å². The predicted molar refractivity (Wildman–Crippen MR) is 160 cm³/mol. The van der Waals surface area contributed by atoms with Crippen LogP contribution in [0.1, 0.15) is 79.3 Å². The zero-order valence-electron chi connectivity index (χ0n) is 25.6. The lowest BCUT2D eigenvalue weighted by molar-refractivity contribution is -0.123. The van der Waals surface area contributed by atoms with E-state index < -0.39 is 35.7 Å². The fraction of sp³-hybridized carbons (Fsp3) is 0.531. The molecule has 0 aromatic heterocycles. The highest BCUT2D eigenvalue weighted by atomic mass is 19.1. The summed E-state index contributed by atoms with van der Waals surface area (Å²) in [5.74, 6) is -2.23. The molecule has 0 fully saturated rings. The Hall–Kier alpha value is -3.37. The fourth-order valence-corrected chi connectivity index (χ4v) is 4.58. The molecule has 232 valence electrons. The molecular formula is C32H46F2N4O4. The van der Waals surface area contributed by atoms with E-state index in [-0.39, 0.29) is 41.8 Å². The van der Waals surface area contributed by atoms with Gasteiger partial charge in [-0.2, -0.15) is 0 Å². The van der Waals surface area contributed by atoms with Crippen molar-refractivity contribution >= 4 is 17.7 Å². The summed E-state index contributed by atoms with van der Waals surface area (Å²) in [7, 11) is 0. The van der Waals surface area contributed by atoms with Gasteiger partial charge in [0.1, 0.15) is 11.6 Å². The normalized spacial score (nSPS) is 13.4. The summed E-state index contributed by atoms with van der Waals surface area (Å²) in [6.45, 7) is 13.0. The molecule has 0 heterocycles. The highest BCUT2D eigenvalue weighted by Gasteiger charge is 2.25. The van der Waals surface area contributed by atoms with Crippen molar-refractivity contribution in [3.05, 3.63) is 70.3 Å². The Morgan fingerprint density at radius 1 is 0.881 bits per heavy atom. The van der Waals surface area contributed by atoms with Crippen LogP contribution in [-0.4, -0.2) is 72.1 Å². The van der Waals surface area contributed by atoms with Gasteiger partial charge in [-0.05, 0) is 80.5 Å². The zero-order chi connectivity index (χ0) is 31.4. The van der Waals surface area contributed by atoms with Gasteiger partial charge >= 0.3 is 0 Å². The molecule has 0 radical (unpaired) electrons.